The third kappa shape index (κ3) is 5.89. The van der Waals surface area contributed by atoms with Crippen molar-refractivity contribution < 1.29 is 9.59 Å². The van der Waals surface area contributed by atoms with Gasteiger partial charge in [-0.3, -0.25) is 4.79 Å². The summed E-state index contributed by atoms with van der Waals surface area (Å²) in [5.74, 6) is 0.116. The Morgan fingerprint density at radius 2 is 1.62 bits per heavy atom. The van der Waals surface area contributed by atoms with Crippen LogP contribution in [0.25, 0.3) is 11.3 Å². The van der Waals surface area contributed by atoms with Gasteiger partial charge in [0.1, 0.15) is 0 Å². The van der Waals surface area contributed by atoms with E-state index in [1.54, 1.807) is 12.1 Å². The number of thiazole rings is 1. The Bertz CT molecular complexity index is 955. The van der Waals surface area contributed by atoms with Crippen molar-refractivity contribution in [1.29, 1.82) is 0 Å². The number of carbonyl (C=O) groups is 2. The molecule has 3 N–H and O–H groups in total. The molecule has 1 heterocycles. The monoisotopic (exact) mass is 408 g/mol. The van der Waals surface area contributed by atoms with Crippen LogP contribution in [0.3, 0.4) is 0 Å². The van der Waals surface area contributed by atoms with E-state index in [0.717, 1.165) is 16.1 Å². The van der Waals surface area contributed by atoms with Crippen LogP contribution in [0.1, 0.15) is 31.1 Å². The van der Waals surface area contributed by atoms with Crippen molar-refractivity contribution >= 4 is 34.1 Å². The second-order valence-corrected chi connectivity index (χ2v) is 7.83. The quantitative estimate of drug-likeness (QED) is 0.509. The summed E-state index contributed by atoms with van der Waals surface area (Å²) in [6.07, 6.45) is 0.166. The molecule has 0 bridgehead atoms. The molecule has 2 aromatic carbocycles. The Morgan fingerprint density at radius 1 is 0.966 bits per heavy atom. The topological polar surface area (TPSA) is 83.1 Å². The number of urea groups is 1. The summed E-state index contributed by atoms with van der Waals surface area (Å²) in [4.78, 5) is 29.9. The molecule has 150 valence electrons. The Balaban J connectivity index is 1.53. The van der Waals surface area contributed by atoms with E-state index in [0.29, 0.717) is 16.7 Å². The predicted octanol–water partition coefficient (Wildman–Crippen LogP) is 5.08. The first-order chi connectivity index (χ1) is 14.0. The van der Waals surface area contributed by atoms with Crippen molar-refractivity contribution in [3.8, 4) is 11.3 Å². The van der Waals surface area contributed by atoms with E-state index in [-0.39, 0.29) is 24.9 Å². The summed E-state index contributed by atoms with van der Waals surface area (Å²) in [6.45, 7) is 4.46. The van der Waals surface area contributed by atoms with Gasteiger partial charge in [-0.2, -0.15) is 0 Å². The van der Waals surface area contributed by atoms with Crippen molar-refractivity contribution in [3.05, 3.63) is 65.5 Å². The Hall–Kier alpha value is -3.19. The standard InChI is InChI=1S/C22H24N4O2S/c1-15(2)20-19(16-9-5-3-6-10-16)26-22(29-20)25-18(27)13-14-23-21(28)24-17-11-7-4-8-12-17/h3-12,15H,13-14H2,1-2H3,(H2,23,24,28)(H,25,26,27). The highest BCUT2D eigenvalue weighted by Gasteiger charge is 2.17. The molecule has 0 atom stereocenters. The average molecular weight is 409 g/mol. The lowest BCUT2D eigenvalue weighted by Crippen LogP contribution is -2.31. The van der Waals surface area contributed by atoms with Gasteiger partial charge in [0, 0.05) is 29.1 Å². The van der Waals surface area contributed by atoms with E-state index >= 15 is 0 Å². The van der Waals surface area contributed by atoms with Crippen molar-refractivity contribution in [3.63, 3.8) is 0 Å². The molecule has 0 radical (unpaired) electrons. The van der Waals surface area contributed by atoms with Gasteiger partial charge in [-0.15, -0.1) is 11.3 Å². The van der Waals surface area contributed by atoms with Gasteiger partial charge < -0.3 is 16.0 Å². The number of carbonyl (C=O) groups excluding carboxylic acids is 2. The van der Waals surface area contributed by atoms with Crippen molar-refractivity contribution in [1.82, 2.24) is 10.3 Å². The number of aromatic nitrogens is 1. The van der Waals surface area contributed by atoms with Crippen LogP contribution < -0.4 is 16.0 Å². The third-order valence-electron chi connectivity index (χ3n) is 4.14. The molecule has 1 aromatic heterocycles. The molecular weight excluding hydrogens is 384 g/mol. The zero-order valence-electron chi connectivity index (χ0n) is 16.4. The molecule has 0 saturated heterocycles. The molecule has 0 unspecified atom stereocenters. The van der Waals surface area contributed by atoms with Gasteiger partial charge in [-0.1, -0.05) is 62.4 Å². The van der Waals surface area contributed by atoms with Crippen LogP contribution in [0.4, 0.5) is 15.6 Å². The van der Waals surface area contributed by atoms with Gasteiger partial charge in [0.15, 0.2) is 5.13 Å². The fourth-order valence-electron chi connectivity index (χ4n) is 2.75. The van der Waals surface area contributed by atoms with E-state index in [9.17, 15) is 9.59 Å². The maximum absolute atomic E-state index is 12.3. The highest BCUT2D eigenvalue weighted by atomic mass is 32.1. The lowest BCUT2D eigenvalue weighted by atomic mass is 10.1. The first-order valence-corrected chi connectivity index (χ1v) is 10.3. The molecule has 3 rings (SSSR count). The molecule has 3 amide bonds. The molecule has 3 aromatic rings. The van der Waals surface area contributed by atoms with Crippen molar-refractivity contribution in [2.75, 3.05) is 17.2 Å². The number of anilines is 2. The predicted molar refractivity (Wildman–Crippen MR) is 118 cm³/mol. The van der Waals surface area contributed by atoms with E-state index in [1.807, 2.05) is 48.5 Å². The maximum atomic E-state index is 12.3. The summed E-state index contributed by atoms with van der Waals surface area (Å²) in [5.41, 5.74) is 2.64. The number of hydrogen-bond acceptors (Lipinski definition) is 4. The zero-order valence-corrected chi connectivity index (χ0v) is 17.3. The molecular formula is C22H24N4O2S. The van der Waals surface area contributed by atoms with Gasteiger partial charge in [-0.05, 0) is 18.1 Å². The van der Waals surface area contributed by atoms with Crippen LogP contribution in [0, 0.1) is 0 Å². The summed E-state index contributed by atoms with van der Waals surface area (Å²) < 4.78 is 0. The smallest absolute Gasteiger partial charge is 0.319 e. The highest BCUT2D eigenvalue weighted by molar-refractivity contribution is 7.16. The lowest BCUT2D eigenvalue weighted by Gasteiger charge is -2.07. The second kappa shape index (κ2) is 9.84. The second-order valence-electron chi connectivity index (χ2n) is 6.80. The van der Waals surface area contributed by atoms with E-state index in [2.05, 4.69) is 34.8 Å². The van der Waals surface area contributed by atoms with Gasteiger partial charge in [0.05, 0.1) is 5.69 Å². The Labute approximate surface area is 174 Å². The molecule has 0 spiro atoms. The fourth-order valence-corrected chi connectivity index (χ4v) is 3.75. The number of nitrogens with zero attached hydrogens (tertiary/aromatic N) is 1. The number of nitrogens with one attached hydrogen (secondary N) is 3. The minimum absolute atomic E-state index is 0.166. The summed E-state index contributed by atoms with van der Waals surface area (Å²) >= 11 is 1.49. The minimum Gasteiger partial charge on any atom is -0.337 e. The largest absolute Gasteiger partial charge is 0.337 e. The van der Waals surface area contributed by atoms with Crippen LogP contribution in [-0.4, -0.2) is 23.5 Å². The maximum Gasteiger partial charge on any atom is 0.319 e. The summed E-state index contributed by atoms with van der Waals surface area (Å²) in [6, 6.07) is 18.8. The van der Waals surface area contributed by atoms with Crippen molar-refractivity contribution in [2.24, 2.45) is 0 Å². The van der Waals surface area contributed by atoms with Gasteiger partial charge in [0.25, 0.3) is 0 Å². The molecule has 0 aliphatic rings. The number of para-hydroxylation sites is 1. The summed E-state index contributed by atoms with van der Waals surface area (Å²) in [7, 11) is 0. The number of rotatable bonds is 7. The SMILES string of the molecule is CC(C)c1sc(NC(=O)CCNC(=O)Nc2ccccc2)nc1-c1ccccc1. The normalized spacial score (nSPS) is 10.6. The van der Waals surface area contributed by atoms with E-state index in [1.165, 1.54) is 11.3 Å². The third-order valence-corrected chi connectivity index (χ3v) is 5.41. The summed E-state index contributed by atoms with van der Waals surface area (Å²) in [5, 5.41) is 8.82. The fraction of sp³-hybridized carbons (Fsp3) is 0.227. The van der Waals surface area contributed by atoms with Crippen LogP contribution in [0.15, 0.2) is 60.7 Å². The lowest BCUT2D eigenvalue weighted by molar-refractivity contribution is -0.116. The molecule has 6 nitrogen and oxygen atoms in total. The van der Waals surface area contributed by atoms with Crippen LogP contribution in [0.5, 0.6) is 0 Å². The first-order valence-electron chi connectivity index (χ1n) is 9.49. The van der Waals surface area contributed by atoms with Crippen LogP contribution >= 0.6 is 11.3 Å². The number of amides is 3. The Kier molecular flexibility index (Phi) is 6.97. The molecule has 0 fully saturated rings. The molecule has 0 saturated carbocycles. The first kappa shape index (κ1) is 20.5. The van der Waals surface area contributed by atoms with Gasteiger partial charge >= 0.3 is 6.03 Å². The van der Waals surface area contributed by atoms with Gasteiger partial charge in [-0.25, -0.2) is 9.78 Å². The zero-order chi connectivity index (χ0) is 20.6. The molecule has 7 heteroatoms. The average Bonchev–Trinajstić information content (AvgIpc) is 3.13. The van der Waals surface area contributed by atoms with Crippen LogP contribution in [0.2, 0.25) is 0 Å². The van der Waals surface area contributed by atoms with Gasteiger partial charge in [0.2, 0.25) is 5.91 Å². The highest BCUT2D eigenvalue weighted by Crippen LogP contribution is 2.36. The van der Waals surface area contributed by atoms with Crippen LogP contribution in [-0.2, 0) is 4.79 Å². The number of benzene rings is 2. The Morgan fingerprint density at radius 3 is 2.28 bits per heavy atom. The van der Waals surface area contributed by atoms with E-state index < -0.39 is 0 Å². The number of hydrogen-bond donors (Lipinski definition) is 3. The minimum atomic E-state index is -0.341. The molecule has 0 aliphatic heterocycles. The van der Waals surface area contributed by atoms with Crippen molar-refractivity contribution in [2.45, 2.75) is 26.2 Å². The molecule has 0 aliphatic carbocycles. The molecule has 29 heavy (non-hydrogen) atoms. The van der Waals surface area contributed by atoms with E-state index in [4.69, 9.17) is 0 Å².